The fourth-order valence-corrected chi connectivity index (χ4v) is 4.72. The molecule has 0 saturated carbocycles. The summed E-state index contributed by atoms with van der Waals surface area (Å²) in [4.78, 5) is 16.8. The molecule has 2 atom stereocenters. The van der Waals surface area contributed by atoms with Crippen molar-refractivity contribution >= 4 is 24.0 Å². The highest BCUT2D eigenvalue weighted by Gasteiger charge is 2.46. The first-order valence-electron chi connectivity index (χ1n) is 10.8. The van der Waals surface area contributed by atoms with Crippen molar-refractivity contribution in [2.24, 2.45) is 0 Å². The van der Waals surface area contributed by atoms with Crippen molar-refractivity contribution in [3.63, 3.8) is 0 Å². The number of hydrogen-bond donors (Lipinski definition) is 1. The number of carbonyl (C=O) groups excluding carboxylic acids is 1. The fraction of sp³-hybridized carbons (Fsp3) is 0.400. The summed E-state index contributed by atoms with van der Waals surface area (Å²) in [6, 6.07) is 11.9. The molecular weight excluding hydrogens is 431 g/mol. The SMILES string of the molecule is CC(C)Oc1cc(CN2CC[C@]3(C=CC(=O)N3c3cccc(F)c3)C[C@@H]2C)ccc1O.Cl. The van der Waals surface area contributed by atoms with Gasteiger partial charge in [-0.1, -0.05) is 18.2 Å². The molecule has 2 aromatic carbocycles. The van der Waals surface area contributed by atoms with E-state index in [1.54, 1.807) is 29.2 Å². The summed E-state index contributed by atoms with van der Waals surface area (Å²) < 4.78 is 19.5. The molecule has 2 heterocycles. The predicted octanol–water partition coefficient (Wildman–Crippen LogP) is 5.07. The summed E-state index contributed by atoms with van der Waals surface area (Å²) in [5.74, 6) is 0.198. The largest absolute Gasteiger partial charge is 0.504 e. The Balaban J connectivity index is 0.00000289. The van der Waals surface area contributed by atoms with Gasteiger partial charge < -0.3 is 9.84 Å². The van der Waals surface area contributed by atoms with Gasteiger partial charge in [-0.25, -0.2) is 4.39 Å². The van der Waals surface area contributed by atoms with Crippen LogP contribution in [0.1, 0.15) is 39.2 Å². The Bertz CT molecular complexity index is 1010. The molecule has 1 saturated heterocycles. The lowest BCUT2D eigenvalue weighted by atomic mass is 9.82. The first kappa shape index (κ1) is 24.1. The second-order valence-electron chi connectivity index (χ2n) is 8.83. The highest BCUT2D eigenvalue weighted by atomic mass is 35.5. The number of aromatic hydroxyl groups is 1. The molecule has 0 aliphatic carbocycles. The maximum atomic E-state index is 13.8. The van der Waals surface area contributed by atoms with Crippen LogP contribution in [0.4, 0.5) is 10.1 Å². The molecule has 2 aromatic rings. The number of piperidine rings is 1. The molecule has 0 bridgehead atoms. The van der Waals surface area contributed by atoms with E-state index >= 15 is 0 Å². The molecule has 32 heavy (non-hydrogen) atoms. The van der Waals surface area contributed by atoms with Gasteiger partial charge in [0, 0.05) is 30.9 Å². The van der Waals surface area contributed by atoms with Crippen molar-refractivity contribution in [1.82, 2.24) is 4.90 Å². The van der Waals surface area contributed by atoms with Crippen LogP contribution in [0.5, 0.6) is 11.5 Å². The number of benzene rings is 2. The number of amides is 1. The zero-order valence-electron chi connectivity index (χ0n) is 18.6. The van der Waals surface area contributed by atoms with Crippen LogP contribution >= 0.6 is 12.4 Å². The summed E-state index contributed by atoms with van der Waals surface area (Å²) in [6.45, 7) is 7.54. The lowest BCUT2D eigenvalue weighted by molar-refractivity contribution is -0.114. The Labute approximate surface area is 194 Å². The van der Waals surface area contributed by atoms with E-state index in [0.717, 1.165) is 31.5 Å². The second kappa shape index (κ2) is 9.51. The maximum Gasteiger partial charge on any atom is 0.251 e. The Hall–Kier alpha value is -2.57. The quantitative estimate of drug-likeness (QED) is 0.677. The number of rotatable bonds is 5. The van der Waals surface area contributed by atoms with Crippen molar-refractivity contribution in [3.8, 4) is 11.5 Å². The van der Waals surface area contributed by atoms with Crippen LogP contribution in [0, 0.1) is 5.82 Å². The molecule has 0 unspecified atom stereocenters. The smallest absolute Gasteiger partial charge is 0.251 e. The van der Waals surface area contributed by atoms with Crippen molar-refractivity contribution in [2.75, 3.05) is 11.4 Å². The molecule has 2 aliphatic heterocycles. The zero-order chi connectivity index (χ0) is 22.2. The highest BCUT2D eigenvalue weighted by molar-refractivity contribution is 6.06. The van der Waals surface area contributed by atoms with E-state index in [4.69, 9.17) is 4.74 Å². The van der Waals surface area contributed by atoms with Gasteiger partial charge in [0.25, 0.3) is 5.91 Å². The van der Waals surface area contributed by atoms with Gasteiger partial charge in [-0.05, 0) is 69.5 Å². The number of halogens is 2. The van der Waals surface area contributed by atoms with Gasteiger partial charge in [-0.15, -0.1) is 12.4 Å². The highest BCUT2D eigenvalue weighted by Crippen LogP contribution is 2.41. The monoisotopic (exact) mass is 460 g/mol. The Morgan fingerprint density at radius 1 is 1.25 bits per heavy atom. The molecule has 0 radical (unpaired) electrons. The molecule has 172 valence electrons. The summed E-state index contributed by atoms with van der Waals surface area (Å²) in [5, 5.41) is 10.1. The minimum absolute atomic E-state index is 0. The van der Waals surface area contributed by atoms with E-state index in [-0.39, 0.29) is 42.0 Å². The van der Waals surface area contributed by atoms with E-state index in [9.17, 15) is 14.3 Å². The van der Waals surface area contributed by atoms with Crippen molar-refractivity contribution in [2.45, 2.75) is 57.8 Å². The van der Waals surface area contributed by atoms with Gasteiger partial charge in [0.05, 0.1) is 11.6 Å². The third kappa shape index (κ3) is 4.76. The number of anilines is 1. The molecule has 0 aromatic heterocycles. The average Bonchev–Trinajstić information content (AvgIpc) is 3.02. The minimum atomic E-state index is -0.429. The third-order valence-corrected chi connectivity index (χ3v) is 6.14. The minimum Gasteiger partial charge on any atom is -0.504 e. The number of ether oxygens (including phenoxy) is 1. The Morgan fingerprint density at radius 2 is 2.03 bits per heavy atom. The summed E-state index contributed by atoms with van der Waals surface area (Å²) in [6.07, 6.45) is 5.12. The number of hydrogen-bond acceptors (Lipinski definition) is 4. The number of likely N-dealkylation sites (tertiary alicyclic amines) is 1. The van der Waals surface area contributed by atoms with E-state index < -0.39 is 5.54 Å². The summed E-state index contributed by atoms with van der Waals surface area (Å²) >= 11 is 0. The molecule has 1 fully saturated rings. The zero-order valence-corrected chi connectivity index (χ0v) is 19.4. The van der Waals surface area contributed by atoms with E-state index in [2.05, 4.69) is 11.8 Å². The lowest BCUT2D eigenvalue weighted by Crippen LogP contribution is -2.56. The molecule has 2 aliphatic rings. The Kier molecular flexibility index (Phi) is 7.16. The number of nitrogens with zero attached hydrogens (tertiary/aromatic N) is 2. The molecule has 1 N–H and O–H groups in total. The average molecular weight is 461 g/mol. The maximum absolute atomic E-state index is 13.8. The van der Waals surface area contributed by atoms with Crippen LogP contribution in [-0.2, 0) is 11.3 Å². The molecule has 5 nitrogen and oxygen atoms in total. The first-order chi connectivity index (χ1) is 14.8. The van der Waals surface area contributed by atoms with Gasteiger partial charge in [0.1, 0.15) is 5.82 Å². The summed E-state index contributed by atoms with van der Waals surface area (Å²) in [7, 11) is 0. The fourth-order valence-electron chi connectivity index (χ4n) is 4.72. The van der Waals surface area contributed by atoms with Gasteiger partial charge in [0.2, 0.25) is 0 Å². The first-order valence-corrected chi connectivity index (χ1v) is 10.8. The second-order valence-corrected chi connectivity index (χ2v) is 8.83. The third-order valence-electron chi connectivity index (χ3n) is 6.14. The van der Waals surface area contributed by atoms with Crippen LogP contribution in [-0.4, -0.2) is 40.1 Å². The lowest BCUT2D eigenvalue weighted by Gasteiger charge is -2.47. The number of phenols is 1. The van der Waals surface area contributed by atoms with Crippen molar-refractivity contribution < 1.29 is 19.0 Å². The van der Waals surface area contributed by atoms with Crippen LogP contribution in [0.3, 0.4) is 0 Å². The predicted molar refractivity (Wildman–Crippen MR) is 126 cm³/mol. The molecule has 1 spiro atoms. The van der Waals surface area contributed by atoms with Gasteiger partial charge in [-0.3, -0.25) is 14.6 Å². The van der Waals surface area contributed by atoms with E-state index in [1.807, 2.05) is 32.1 Å². The van der Waals surface area contributed by atoms with E-state index in [0.29, 0.717) is 11.4 Å². The number of phenolic OH excluding ortho intramolecular Hbond substituents is 1. The van der Waals surface area contributed by atoms with Crippen LogP contribution in [0.2, 0.25) is 0 Å². The molecule has 7 heteroatoms. The van der Waals surface area contributed by atoms with Gasteiger partial charge in [-0.2, -0.15) is 0 Å². The van der Waals surface area contributed by atoms with E-state index in [1.165, 1.54) is 12.1 Å². The van der Waals surface area contributed by atoms with Crippen molar-refractivity contribution in [1.29, 1.82) is 0 Å². The van der Waals surface area contributed by atoms with Crippen LogP contribution in [0.15, 0.2) is 54.6 Å². The van der Waals surface area contributed by atoms with Gasteiger partial charge in [0.15, 0.2) is 11.5 Å². The molecule has 4 rings (SSSR count). The van der Waals surface area contributed by atoms with Crippen LogP contribution < -0.4 is 9.64 Å². The van der Waals surface area contributed by atoms with Crippen molar-refractivity contribution in [3.05, 3.63) is 66.0 Å². The number of carbonyl (C=O) groups is 1. The molecular formula is C25H30ClFN2O3. The van der Waals surface area contributed by atoms with Crippen LogP contribution in [0.25, 0.3) is 0 Å². The standard InChI is InChI=1S/C25H29FN2O3.ClH/c1-17(2)31-23-13-19(7-8-22(23)29)16-27-12-11-25(15-18(27)3)10-9-24(30)28(25)21-6-4-5-20(26)14-21;/h4-10,13-14,17-18,29H,11-12,15-16H2,1-3H3;1H/t18-,25+;/m0./s1. The topological polar surface area (TPSA) is 53.0 Å². The normalized spacial score (nSPS) is 23.1. The molecule has 1 amide bonds. The summed E-state index contributed by atoms with van der Waals surface area (Å²) in [5.41, 5.74) is 1.24. The van der Waals surface area contributed by atoms with Gasteiger partial charge >= 0.3 is 0 Å². The Morgan fingerprint density at radius 3 is 2.72 bits per heavy atom.